The first-order valence-corrected chi connectivity index (χ1v) is 6.15. The summed E-state index contributed by atoms with van der Waals surface area (Å²) in [6.45, 7) is 5.86. The fraction of sp³-hybridized carbons (Fsp3) is 0.500. The topological polar surface area (TPSA) is 55.1 Å². The molecule has 0 aliphatic heterocycles. The van der Waals surface area contributed by atoms with Crippen LogP contribution in [0.3, 0.4) is 0 Å². The molecule has 1 fully saturated rings. The summed E-state index contributed by atoms with van der Waals surface area (Å²) < 4.78 is 13.2. The Bertz CT molecular complexity index is 485. The molecule has 1 aliphatic carbocycles. The van der Waals surface area contributed by atoms with E-state index in [1.165, 1.54) is 12.1 Å². The van der Waals surface area contributed by atoms with E-state index in [9.17, 15) is 9.18 Å². The van der Waals surface area contributed by atoms with Crippen molar-refractivity contribution in [1.82, 2.24) is 5.32 Å². The molecule has 2 atom stereocenters. The molecule has 0 aromatic heterocycles. The van der Waals surface area contributed by atoms with E-state index < -0.39 is 5.82 Å². The highest BCUT2D eigenvalue weighted by molar-refractivity contribution is 5.95. The van der Waals surface area contributed by atoms with Crippen LogP contribution in [0.2, 0.25) is 0 Å². The SMILES string of the molecule is Cc1ccc(F)cc1C(=O)NC1CC(N)C1(C)C. The molecule has 18 heavy (non-hydrogen) atoms. The number of carbonyl (C=O) groups is 1. The number of halogens is 1. The summed E-state index contributed by atoms with van der Waals surface area (Å²) in [7, 11) is 0. The van der Waals surface area contributed by atoms with Crippen LogP contribution in [-0.4, -0.2) is 18.0 Å². The Morgan fingerprint density at radius 3 is 2.72 bits per heavy atom. The molecule has 98 valence electrons. The van der Waals surface area contributed by atoms with E-state index in [-0.39, 0.29) is 23.4 Å². The molecule has 2 rings (SSSR count). The lowest BCUT2D eigenvalue weighted by Crippen LogP contribution is -2.64. The number of hydrogen-bond acceptors (Lipinski definition) is 2. The average molecular weight is 250 g/mol. The van der Waals surface area contributed by atoms with Crippen molar-refractivity contribution in [2.24, 2.45) is 11.1 Å². The molecule has 1 saturated carbocycles. The summed E-state index contributed by atoms with van der Waals surface area (Å²) in [4.78, 5) is 12.1. The summed E-state index contributed by atoms with van der Waals surface area (Å²) in [5, 5.41) is 2.94. The van der Waals surface area contributed by atoms with Crippen molar-refractivity contribution >= 4 is 5.91 Å². The maximum atomic E-state index is 13.2. The van der Waals surface area contributed by atoms with Gasteiger partial charge in [-0.25, -0.2) is 4.39 Å². The van der Waals surface area contributed by atoms with Crippen molar-refractivity contribution < 1.29 is 9.18 Å². The number of hydrogen-bond donors (Lipinski definition) is 2. The molecule has 0 heterocycles. The summed E-state index contributed by atoms with van der Waals surface area (Å²) in [5.74, 6) is -0.618. The van der Waals surface area contributed by atoms with Gasteiger partial charge < -0.3 is 11.1 Å². The van der Waals surface area contributed by atoms with Gasteiger partial charge in [0, 0.05) is 23.1 Å². The molecule has 4 heteroatoms. The lowest BCUT2D eigenvalue weighted by Gasteiger charge is -2.50. The second-order valence-electron chi connectivity index (χ2n) is 5.65. The molecule has 3 N–H and O–H groups in total. The van der Waals surface area contributed by atoms with Crippen molar-refractivity contribution in [3.05, 3.63) is 35.1 Å². The average Bonchev–Trinajstić information content (AvgIpc) is 2.31. The van der Waals surface area contributed by atoms with Crippen molar-refractivity contribution in [2.75, 3.05) is 0 Å². The second kappa shape index (κ2) is 4.35. The van der Waals surface area contributed by atoms with Gasteiger partial charge in [-0.3, -0.25) is 4.79 Å². The van der Waals surface area contributed by atoms with Gasteiger partial charge >= 0.3 is 0 Å². The third-order valence-corrected chi connectivity index (χ3v) is 4.09. The van der Waals surface area contributed by atoms with E-state index in [2.05, 4.69) is 5.32 Å². The van der Waals surface area contributed by atoms with Crippen LogP contribution in [0.25, 0.3) is 0 Å². The zero-order valence-corrected chi connectivity index (χ0v) is 11.0. The molecule has 0 saturated heterocycles. The number of nitrogens with two attached hydrogens (primary N) is 1. The van der Waals surface area contributed by atoms with E-state index >= 15 is 0 Å². The molecule has 2 unspecified atom stereocenters. The maximum Gasteiger partial charge on any atom is 0.251 e. The van der Waals surface area contributed by atoms with Gasteiger partial charge in [0.1, 0.15) is 5.82 Å². The highest BCUT2D eigenvalue weighted by atomic mass is 19.1. The van der Waals surface area contributed by atoms with E-state index in [0.29, 0.717) is 5.56 Å². The Labute approximate surface area is 107 Å². The molecular formula is C14H19FN2O. The zero-order valence-electron chi connectivity index (χ0n) is 11.0. The van der Waals surface area contributed by atoms with Gasteiger partial charge in [-0.1, -0.05) is 19.9 Å². The van der Waals surface area contributed by atoms with Gasteiger partial charge in [-0.15, -0.1) is 0 Å². The molecule has 0 spiro atoms. The standard InChI is InChI=1S/C14H19FN2O/c1-8-4-5-9(15)6-10(8)13(18)17-12-7-11(16)14(12,2)3/h4-6,11-12H,7,16H2,1-3H3,(H,17,18). The van der Waals surface area contributed by atoms with Gasteiger partial charge in [-0.2, -0.15) is 0 Å². The fourth-order valence-corrected chi connectivity index (χ4v) is 2.28. The summed E-state index contributed by atoms with van der Waals surface area (Å²) in [6.07, 6.45) is 0.771. The number of rotatable bonds is 2. The van der Waals surface area contributed by atoms with Crippen LogP contribution in [-0.2, 0) is 0 Å². The van der Waals surface area contributed by atoms with Crippen molar-refractivity contribution in [3.63, 3.8) is 0 Å². The van der Waals surface area contributed by atoms with E-state index in [1.807, 2.05) is 13.8 Å². The molecule has 0 radical (unpaired) electrons. The molecule has 0 bridgehead atoms. The lowest BCUT2D eigenvalue weighted by molar-refractivity contribution is 0.0586. The van der Waals surface area contributed by atoms with Crippen LogP contribution in [0.4, 0.5) is 4.39 Å². The first-order chi connectivity index (χ1) is 8.32. The molecule has 1 aromatic rings. The van der Waals surface area contributed by atoms with E-state index in [4.69, 9.17) is 5.73 Å². The smallest absolute Gasteiger partial charge is 0.251 e. The second-order valence-corrected chi connectivity index (χ2v) is 5.65. The van der Waals surface area contributed by atoms with Crippen LogP contribution >= 0.6 is 0 Å². The zero-order chi connectivity index (χ0) is 13.5. The first-order valence-electron chi connectivity index (χ1n) is 6.15. The Hall–Kier alpha value is -1.42. The Morgan fingerprint density at radius 2 is 2.17 bits per heavy atom. The van der Waals surface area contributed by atoms with Gasteiger partial charge in [-0.05, 0) is 31.0 Å². The molecular weight excluding hydrogens is 231 g/mol. The highest BCUT2D eigenvalue weighted by Gasteiger charge is 2.46. The van der Waals surface area contributed by atoms with Crippen LogP contribution in [0.15, 0.2) is 18.2 Å². The van der Waals surface area contributed by atoms with Crippen LogP contribution in [0, 0.1) is 18.2 Å². The summed E-state index contributed by atoms with van der Waals surface area (Å²) >= 11 is 0. The Balaban J connectivity index is 2.12. The fourth-order valence-electron chi connectivity index (χ4n) is 2.28. The van der Waals surface area contributed by atoms with E-state index in [1.54, 1.807) is 13.0 Å². The maximum absolute atomic E-state index is 13.2. The number of amides is 1. The number of nitrogens with one attached hydrogen (secondary N) is 1. The summed E-state index contributed by atoms with van der Waals surface area (Å²) in [5.41, 5.74) is 6.97. The number of carbonyl (C=O) groups excluding carboxylic acids is 1. The summed E-state index contributed by atoms with van der Waals surface area (Å²) in [6, 6.07) is 4.41. The normalized spacial score (nSPS) is 25.4. The number of benzene rings is 1. The Kier molecular flexibility index (Phi) is 3.15. The lowest BCUT2D eigenvalue weighted by atomic mass is 9.63. The minimum atomic E-state index is -0.393. The van der Waals surface area contributed by atoms with E-state index in [0.717, 1.165) is 12.0 Å². The predicted molar refractivity (Wildman–Crippen MR) is 68.8 cm³/mol. The number of aryl methyl sites for hydroxylation is 1. The third-order valence-electron chi connectivity index (χ3n) is 4.09. The molecule has 3 nitrogen and oxygen atoms in total. The van der Waals surface area contributed by atoms with Gasteiger partial charge in [0.15, 0.2) is 0 Å². The molecule has 1 amide bonds. The largest absolute Gasteiger partial charge is 0.349 e. The van der Waals surface area contributed by atoms with Gasteiger partial charge in [0.25, 0.3) is 5.91 Å². The first kappa shape index (κ1) is 13.0. The van der Waals surface area contributed by atoms with Crippen LogP contribution in [0.1, 0.15) is 36.2 Å². The van der Waals surface area contributed by atoms with Crippen molar-refractivity contribution in [2.45, 2.75) is 39.3 Å². The van der Waals surface area contributed by atoms with Crippen molar-refractivity contribution in [1.29, 1.82) is 0 Å². The molecule has 1 aromatic carbocycles. The monoisotopic (exact) mass is 250 g/mol. The minimum absolute atomic E-state index is 0.0580. The minimum Gasteiger partial charge on any atom is -0.349 e. The van der Waals surface area contributed by atoms with Gasteiger partial charge in [0.05, 0.1) is 0 Å². The Morgan fingerprint density at radius 1 is 1.50 bits per heavy atom. The quantitative estimate of drug-likeness (QED) is 0.843. The van der Waals surface area contributed by atoms with Crippen LogP contribution < -0.4 is 11.1 Å². The highest BCUT2D eigenvalue weighted by Crippen LogP contribution is 2.39. The van der Waals surface area contributed by atoms with Crippen LogP contribution in [0.5, 0.6) is 0 Å². The predicted octanol–water partition coefficient (Wildman–Crippen LogP) is 1.99. The molecule has 1 aliphatic rings. The van der Waals surface area contributed by atoms with Crippen molar-refractivity contribution in [3.8, 4) is 0 Å². The third kappa shape index (κ3) is 2.12. The van der Waals surface area contributed by atoms with Gasteiger partial charge in [0.2, 0.25) is 0 Å².